The minimum absolute atomic E-state index is 0.164. The molecule has 1 aromatic carbocycles. The lowest BCUT2D eigenvalue weighted by Crippen LogP contribution is -2.53. The number of aliphatic hydroxyl groups is 1. The number of nitrogens with zero attached hydrogens (tertiary/aromatic N) is 4. The van der Waals surface area contributed by atoms with Gasteiger partial charge in [0.25, 0.3) is 11.8 Å². The molecule has 22 heavy (non-hydrogen) atoms. The smallest absolute Gasteiger partial charge is 0.264 e. The fraction of sp³-hybridized carbons (Fsp3) is 0.385. The van der Waals surface area contributed by atoms with E-state index in [1.54, 1.807) is 24.3 Å². The molecule has 116 valence electrons. The Bertz CT molecular complexity index is 621. The SMILES string of the molecule is CC(ON=[N+]([O-])N1CC(O)C1)N1C(=O)c2ccccc2C1=O. The molecule has 1 unspecified atom stereocenters. The van der Waals surface area contributed by atoms with Crippen LogP contribution in [0.15, 0.2) is 29.5 Å². The molecule has 0 aromatic heterocycles. The molecule has 9 nitrogen and oxygen atoms in total. The first-order valence-electron chi connectivity index (χ1n) is 6.73. The van der Waals surface area contributed by atoms with Gasteiger partial charge in [0.1, 0.15) is 19.2 Å². The number of hydrazine groups is 1. The lowest BCUT2D eigenvalue weighted by Gasteiger charge is -2.30. The minimum Gasteiger partial charge on any atom is -0.569 e. The van der Waals surface area contributed by atoms with E-state index in [9.17, 15) is 14.8 Å². The summed E-state index contributed by atoms with van der Waals surface area (Å²) < 4.78 is 0. The van der Waals surface area contributed by atoms with Crippen LogP contribution in [0, 0.1) is 5.21 Å². The first-order valence-corrected chi connectivity index (χ1v) is 6.73. The first-order chi connectivity index (χ1) is 10.5. The maximum atomic E-state index is 12.2. The first kappa shape index (κ1) is 14.3. The van der Waals surface area contributed by atoms with Crippen LogP contribution >= 0.6 is 0 Å². The lowest BCUT2D eigenvalue weighted by molar-refractivity contribution is -0.728. The molecule has 3 rings (SSSR count). The molecule has 0 bridgehead atoms. The van der Waals surface area contributed by atoms with E-state index in [4.69, 9.17) is 9.94 Å². The molecular formula is C13H14N4O5. The zero-order chi connectivity index (χ0) is 15.9. The predicted molar refractivity (Wildman–Crippen MR) is 71.1 cm³/mol. The molecule has 1 saturated heterocycles. The number of carbonyl (C=O) groups is 2. The molecule has 0 spiro atoms. The summed E-state index contributed by atoms with van der Waals surface area (Å²) in [7, 11) is 0. The molecule has 1 fully saturated rings. The van der Waals surface area contributed by atoms with Gasteiger partial charge in [0.05, 0.1) is 16.1 Å². The molecule has 0 saturated carbocycles. The molecule has 2 aliphatic rings. The second kappa shape index (κ2) is 5.26. The van der Waals surface area contributed by atoms with Crippen molar-refractivity contribution in [3.63, 3.8) is 0 Å². The van der Waals surface area contributed by atoms with Gasteiger partial charge in [-0.25, -0.2) is 4.90 Å². The Morgan fingerprint density at radius 2 is 1.86 bits per heavy atom. The Morgan fingerprint density at radius 3 is 2.36 bits per heavy atom. The van der Waals surface area contributed by atoms with Gasteiger partial charge in [-0.2, -0.15) is 0 Å². The van der Waals surface area contributed by atoms with E-state index in [2.05, 4.69) is 5.28 Å². The summed E-state index contributed by atoms with van der Waals surface area (Å²) in [4.78, 5) is 30.4. The average Bonchev–Trinajstić information content (AvgIpc) is 2.73. The monoisotopic (exact) mass is 306 g/mol. The van der Waals surface area contributed by atoms with Crippen LogP contribution in [0.25, 0.3) is 0 Å². The van der Waals surface area contributed by atoms with Crippen molar-refractivity contribution < 1.29 is 24.5 Å². The molecular weight excluding hydrogens is 292 g/mol. The predicted octanol–water partition coefficient (Wildman–Crippen LogP) is 0.114. The van der Waals surface area contributed by atoms with E-state index in [1.807, 2.05) is 0 Å². The fourth-order valence-electron chi connectivity index (χ4n) is 2.32. The second-order valence-corrected chi connectivity index (χ2v) is 5.09. The summed E-state index contributed by atoms with van der Waals surface area (Å²) in [5.74, 6) is -0.972. The topological polar surface area (TPSA) is 109 Å². The Balaban J connectivity index is 1.69. The summed E-state index contributed by atoms with van der Waals surface area (Å²) in [5, 5.41) is 25.1. The number of rotatable bonds is 4. The molecule has 9 heteroatoms. The zero-order valence-corrected chi connectivity index (χ0v) is 11.7. The number of hydrogen-bond donors (Lipinski definition) is 1. The van der Waals surface area contributed by atoms with Crippen LogP contribution in [0.2, 0.25) is 0 Å². The maximum absolute atomic E-state index is 12.2. The number of fused-ring (bicyclic) bond motifs is 1. The van der Waals surface area contributed by atoms with Gasteiger partial charge in [-0.3, -0.25) is 9.59 Å². The highest BCUT2D eigenvalue weighted by Crippen LogP contribution is 2.24. The van der Waals surface area contributed by atoms with E-state index >= 15 is 0 Å². The standard InChI is InChI=1S/C13H14N4O5/c1-8(22-14-17(21)15-6-9(18)7-15)16-12(19)10-4-2-3-5-11(10)13(16)20/h2-5,8-9,18H,6-7H2,1H3. The summed E-state index contributed by atoms with van der Waals surface area (Å²) in [5.41, 5.74) is 0.598. The normalized spacial score (nSPS) is 20.0. The number of β-amino-alcohol motifs (C(OH)–C–C–N with tert-alkyl or cyclic N) is 1. The number of carbonyl (C=O) groups excluding carboxylic acids is 2. The molecule has 1 atom stereocenters. The van der Waals surface area contributed by atoms with Crippen LogP contribution in [-0.2, 0) is 4.84 Å². The largest absolute Gasteiger partial charge is 0.569 e. The summed E-state index contributed by atoms with van der Waals surface area (Å²) >= 11 is 0. The van der Waals surface area contributed by atoms with Gasteiger partial charge in [-0.05, 0) is 19.1 Å². The molecule has 1 N–H and O–H groups in total. The van der Waals surface area contributed by atoms with Crippen LogP contribution in [-0.4, -0.2) is 57.2 Å². The zero-order valence-electron chi connectivity index (χ0n) is 11.7. The number of benzene rings is 1. The number of amides is 2. The van der Waals surface area contributed by atoms with Crippen LogP contribution < -0.4 is 0 Å². The second-order valence-electron chi connectivity index (χ2n) is 5.09. The highest BCUT2D eigenvalue weighted by molar-refractivity contribution is 6.21. The van der Waals surface area contributed by atoms with E-state index in [0.29, 0.717) is 11.1 Å². The number of imide groups is 1. The van der Waals surface area contributed by atoms with Gasteiger partial charge in [-0.15, -0.1) is 5.01 Å². The van der Waals surface area contributed by atoms with Gasteiger partial charge in [-0.1, -0.05) is 12.1 Å². The van der Waals surface area contributed by atoms with Crippen LogP contribution in [0.5, 0.6) is 0 Å². The summed E-state index contributed by atoms with van der Waals surface area (Å²) in [6.07, 6.45) is -1.57. The highest BCUT2D eigenvalue weighted by Gasteiger charge is 2.40. The van der Waals surface area contributed by atoms with Crippen LogP contribution in [0.1, 0.15) is 27.6 Å². The van der Waals surface area contributed by atoms with E-state index in [1.165, 1.54) is 11.9 Å². The van der Waals surface area contributed by atoms with Crippen LogP contribution in [0.3, 0.4) is 0 Å². The Morgan fingerprint density at radius 1 is 1.32 bits per heavy atom. The third-order valence-corrected chi connectivity index (χ3v) is 3.54. The lowest BCUT2D eigenvalue weighted by atomic mass is 10.1. The molecule has 1 aromatic rings. The third kappa shape index (κ3) is 2.25. The maximum Gasteiger partial charge on any atom is 0.264 e. The minimum atomic E-state index is -1.02. The van der Waals surface area contributed by atoms with Crippen molar-refractivity contribution in [2.75, 3.05) is 13.1 Å². The third-order valence-electron chi connectivity index (χ3n) is 3.54. The van der Waals surface area contributed by atoms with Gasteiger partial charge >= 0.3 is 0 Å². The van der Waals surface area contributed by atoms with E-state index < -0.39 is 24.1 Å². The molecule has 2 amide bonds. The van der Waals surface area contributed by atoms with Crippen molar-refractivity contribution in [2.24, 2.45) is 5.28 Å². The summed E-state index contributed by atoms with van der Waals surface area (Å²) in [6.45, 7) is 1.78. The Kier molecular flexibility index (Phi) is 3.41. The van der Waals surface area contributed by atoms with Crippen molar-refractivity contribution in [3.05, 3.63) is 40.6 Å². The average molecular weight is 306 g/mol. The quantitative estimate of drug-likeness (QED) is 0.366. The van der Waals surface area contributed by atoms with Crippen molar-refractivity contribution in [1.29, 1.82) is 0 Å². The van der Waals surface area contributed by atoms with Crippen molar-refractivity contribution in [1.82, 2.24) is 9.91 Å². The van der Waals surface area contributed by atoms with Crippen molar-refractivity contribution in [2.45, 2.75) is 19.3 Å². The fourth-order valence-corrected chi connectivity index (χ4v) is 2.32. The van der Waals surface area contributed by atoms with Crippen LogP contribution in [0.4, 0.5) is 0 Å². The van der Waals surface area contributed by atoms with Crippen molar-refractivity contribution >= 4 is 11.8 Å². The Hall–Kier alpha value is -2.68. The van der Waals surface area contributed by atoms with Gasteiger partial charge in [0, 0.05) is 0 Å². The van der Waals surface area contributed by atoms with Gasteiger partial charge < -0.3 is 15.2 Å². The van der Waals surface area contributed by atoms with Crippen molar-refractivity contribution in [3.8, 4) is 0 Å². The molecule has 2 aliphatic heterocycles. The van der Waals surface area contributed by atoms with Gasteiger partial charge in [0.15, 0.2) is 0 Å². The number of aliphatic hydroxyl groups excluding tert-OH is 1. The van der Waals surface area contributed by atoms with E-state index in [-0.39, 0.29) is 18.1 Å². The molecule has 0 radical (unpaired) electrons. The molecule has 2 heterocycles. The highest BCUT2D eigenvalue weighted by atomic mass is 16.7. The van der Waals surface area contributed by atoms with E-state index in [0.717, 1.165) is 4.90 Å². The molecule has 0 aliphatic carbocycles. The summed E-state index contributed by atoms with van der Waals surface area (Å²) in [6, 6.07) is 6.44. The number of hydrogen-bond acceptors (Lipinski definition) is 6. The van der Waals surface area contributed by atoms with Gasteiger partial charge in [0.2, 0.25) is 11.5 Å². The Labute approximate surface area is 125 Å².